The van der Waals surface area contributed by atoms with Gasteiger partial charge in [0.2, 0.25) is 12.3 Å². The van der Waals surface area contributed by atoms with Gasteiger partial charge in [-0.05, 0) is 43.8 Å². The van der Waals surface area contributed by atoms with Crippen LogP contribution in [-0.2, 0) is 11.0 Å². The second-order valence-corrected chi connectivity index (χ2v) is 11.5. The third kappa shape index (κ3) is 4.97. The van der Waals surface area contributed by atoms with Crippen molar-refractivity contribution >= 4 is 29.2 Å². The highest BCUT2D eigenvalue weighted by Gasteiger charge is 2.44. The standard InChI is InChI=1S/C28H28F5N5O2S/c1-2-22(39)36-8-10-37(11-9-36)26-19-13-20(28(31,32)33)23(18-5-4-16(29)12-21(18)30)25-24(19)38(27(40)34-26)14-17(15-41-25)35-6-3-7-35/h2,4-5,12-13,17,27,40H,1,3,6-11,14-15H2. The first kappa shape index (κ1) is 28.0. The fourth-order valence-electron chi connectivity index (χ4n) is 5.88. The van der Waals surface area contributed by atoms with Crippen molar-refractivity contribution in [2.75, 3.05) is 56.5 Å². The maximum absolute atomic E-state index is 15.2. The monoisotopic (exact) mass is 593 g/mol. The zero-order valence-corrected chi connectivity index (χ0v) is 22.8. The molecule has 0 aliphatic carbocycles. The number of aliphatic hydroxyl groups excluding tert-OH is 1. The van der Waals surface area contributed by atoms with E-state index in [2.05, 4.69) is 16.5 Å². The van der Waals surface area contributed by atoms with Gasteiger partial charge in [-0.3, -0.25) is 9.69 Å². The quantitative estimate of drug-likeness (QED) is 0.429. The minimum Gasteiger partial charge on any atom is -0.355 e. The van der Waals surface area contributed by atoms with Crippen molar-refractivity contribution in [3.63, 3.8) is 0 Å². The van der Waals surface area contributed by atoms with Crippen LogP contribution in [0.4, 0.5) is 27.6 Å². The lowest BCUT2D eigenvalue weighted by molar-refractivity contribution is -0.137. The minimum atomic E-state index is -4.87. The van der Waals surface area contributed by atoms with Gasteiger partial charge in [0.15, 0.2) is 0 Å². The van der Waals surface area contributed by atoms with Gasteiger partial charge in [-0.2, -0.15) is 13.2 Å². The molecule has 13 heteroatoms. The number of carbonyl (C=O) groups excluding carboxylic acids is 1. The molecule has 41 heavy (non-hydrogen) atoms. The molecule has 218 valence electrons. The second kappa shape index (κ2) is 10.6. The fraction of sp³-hybridized carbons (Fsp3) is 0.429. The summed E-state index contributed by atoms with van der Waals surface area (Å²) in [6.07, 6.45) is -4.03. The van der Waals surface area contributed by atoms with Crippen LogP contribution < -0.4 is 4.90 Å². The molecule has 2 aromatic rings. The van der Waals surface area contributed by atoms with E-state index in [1.165, 1.54) is 17.8 Å². The van der Waals surface area contributed by atoms with Crippen molar-refractivity contribution < 1.29 is 31.9 Å². The molecule has 2 unspecified atom stereocenters. The molecule has 1 N–H and O–H groups in total. The number of alkyl halides is 3. The van der Waals surface area contributed by atoms with Crippen molar-refractivity contribution in [1.82, 2.24) is 14.7 Å². The molecule has 1 amide bonds. The van der Waals surface area contributed by atoms with Gasteiger partial charge in [0, 0.05) is 72.2 Å². The number of aliphatic hydroxyl groups is 1. The van der Waals surface area contributed by atoms with E-state index in [0.29, 0.717) is 50.2 Å². The lowest BCUT2D eigenvalue weighted by Gasteiger charge is -2.43. The minimum absolute atomic E-state index is 0.0749. The summed E-state index contributed by atoms with van der Waals surface area (Å²) >= 11 is 1.19. The largest absolute Gasteiger partial charge is 0.417 e. The molecule has 2 saturated heterocycles. The van der Waals surface area contributed by atoms with Crippen LogP contribution in [0.5, 0.6) is 0 Å². The number of aliphatic imine (C=N–C) groups is 1. The molecule has 4 aliphatic rings. The van der Waals surface area contributed by atoms with E-state index in [9.17, 15) is 27.5 Å². The molecule has 4 aliphatic heterocycles. The first-order valence-corrected chi connectivity index (χ1v) is 14.3. The number of rotatable bonds is 3. The van der Waals surface area contributed by atoms with E-state index in [0.717, 1.165) is 37.7 Å². The number of anilines is 1. The second-order valence-electron chi connectivity index (χ2n) is 10.5. The zero-order chi connectivity index (χ0) is 29.1. The number of likely N-dealkylation sites (tertiary alicyclic amines) is 1. The van der Waals surface area contributed by atoms with Gasteiger partial charge in [-0.15, -0.1) is 11.8 Å². The van der Waals surface area contributed by atoms with Crippen LogP contribution in [0.25, 0.3) is 11.1 Å². The van der Waals surface area contributed by atoms with Crippen LogP contribution in [0.3, 0.4) is 0 Å². The van der Waals surface area contributed by atoms with Gasteiger partial charge in [0.05, 0.1) is 11.3 Å². The molecule has 4 heterocycles. The van der Waals surface area contributed by atoms with E-state index in [1.807, 2.05) is 0 Å². The number of carbonyl (C=O) groups is 1. The van der Waals surface area contributed by atoms with Crippen LogP contribution in [0.15, 0.2) is 46.8 Å². The van der Waals surface area contributed by atoms with Gasteiger partial charge < -0.3 is 19.8 Å². The normalized spacial score (nSPS) is 23.0. The number of amides is 1. The van der Waals surface area contributed by atoms with Crippen molar-refractivity contribution in [3.05, 3.63) is 59.7 Å². The Bertz CT molecular complexity index is 1420. The van der Waals surface area contributed by atoms with E-state index < -0.39 is 29.7 Å². The fourth-order valence-corrected chi connectivity index (χ4v) is 7.29. The third-order valence-corrected chi connectivity index (χ3v) is 9.34. The van der Waals surface area contributed by atoms with Crippen molar-refractivity contribution in [3.8, 4) is 11.1 Å². The Morgan fingerprint density at radius 3 is 2.41 bits per heavy atom. The molecule has 2 atom stereocenters. The number of piperazine rings is 1. The van der Waals surface area contributed by atoms with Gasteiger partial charge in [-0.25, -0.2) is 13.8 Å². The molecular formula is C28H28F5N5O2S. The summed E-state index contributed by atoms with van der Waals surface area (Å²) < 4.78 is 73.2. The Kier molecular flexibility index (Phi) is 7.23. The topological polar surface area (TPSA) is 62.6 Å². The average molecular weight is 594 g/mol. The smallest absolute Gasteiger partial charge is 0.355 e. The third-order valence-electron chi connectivity index (χ3n) is 8.11. The lowest BCUT2D eigenvalue weighted by atomic mass is 9.92. The Balaban J connectivity index is 1.53. The molecule has 2 fully saturated rings. The summed E-state index contributed by atoms with van der Waals surface area (Å²) in [6, 6.07) is 3.45. The molecular weight excluding hydrogens is 565 g/mol. The van der Waals surface area contributed by atoms with Crippen LogP contribution in [-0.4, -0.2) is 95.5 Å². The van der Waals surface area contributed by atoms with Gasteiger partial charge in [0.1, 0.15) is 17.5 Å². The number of amidine groups is 1. The highest BCUT2D eigenvalue weighted by Crippen LogP contribution is 2.52. The first-order valence-electron chi connectivity index (χ1n) is 13.4. The predicted octanol–water partition coefficient (Wildman–Crippen LogP) is 4.00. The SMILES string of the molecule is C=CC(=O)N1CCN(C2=NC(O)N3CC(N4CCC4)CSc4c(-c5ccc(F)cc5F)c(C(F)(F)F)cc2c43)CC1. The summed E-state index contributed by atoms with van der Waals surface area (Å²) in [5.41, 5.74) is -1.25. The number of nitrogens with zero attached hydrogens (tertiary/aromatic N) is 5. The Morgan fingerprint density at radius 1 is 1.07 bits per heavy atom. The average Bonchev–Trinajstić information content (AvgIpc) is 3.10. The van der Waals surface area contributed by atoms with E-state index in [4.69, 9.17) is 0 Å². The van der Waals surface area contributed by atoms with Gasteiger partial charge >= 0.3 is 6.18 Å². The molecule has 7 nitrogen and oxygen atoms in total. The summed E-state index contributed by atoms with van der Waals surface area (Å²) in [6.45, 7) is 6.71. The molecule has 6 rings (SSSR count). The van der Waals surface area contributed by atoms with Crippen molar-refractivity contribution in [2.24, 2.45) is 4.99 Å². The molecule has 0 aromatic heterocycles. The van der Waals surface area contributed by atoms with Crippen molar-refractivity contribution in [2.45, 2.75) is 29.9 Å². The van der Waals surface area contributed by atoms with Gasteiger partial charge in [-0.1, -0.05) is 6.58 Å². The van der Waals surface area contributed by atoms with Gasteiger partial charge in [0.25, 0.3) is 0 Å². The van der Waals surface area contributed by atoms with E-state index in [-0.39, 0.29) is 39.4 Å². The summed E-state index contributed by atoms with van der Waals surface area (Å²) in [4.78, 5) is 23.9. The molecule has 0 radical (unpaired) electrons. The van der Waals surface area contributed by atoms with Crippen LogP contribution in [0.2, 0.25) is 0 Å². The highest BCUT2D eigenvalue weighted by atomic mass is 32.2. The van der Waals surface area contributed by atoms with Crippen molar-refractivity contribution in [1.29, 1.82) is 0 Å². The lowest BCUT2D eigenvalue weighted by Crippen LogP contribution is -2.55. The number of halogens is 5. The summed E-state index contributed by atoms with van der Waals surface area (Å²) in [7, 11) is 0. The Morgan fingerprint density at radius 2 is 1.80 bits per heavy atom. The number of benzene rings is 2. The molecule has 0 saturated carbocycles. The number of thioether (sulfide) groups is 1. The molecule has 0 bridgehead atoms. The molecule has 0 spiro atoms. The maximum atomic E-state index is 15.2. The summed E-state index contributed by atoms with van der Waals surface area (Å²) in [5.74, 6) is -1.63. The molecule has 2 aromatic carbocycles. The number of hydrogen-bond acceptors (Lipinski definition) is 7. The van der Waals surface area contributed by atoms with E-state index in [1.54, 1.807) is 14.7 Å². The predicted molar refractivity (Wildman–Crippen MR) is 146 cm³/mol. The van der Waals surface area contributed by atoms with E-state index >= 15 is 4.39 Å². The first-order chi connectivity index (χ1) is 19.6. The van der Waals surface area contributed by atoms with Crippen LogP contribution in [0.1, 0.15) is 17.5 Å². The highest BCUT2D eigenvalue weighted by molar-refractivity contribution is 7.99. The Hall–Kier alpha value is -3.16. The number of hydrogen-bond donors (Lipinski definition) is 1. The Labute approximate surface area is 237 Å². The van der Waals surface area contributed by atoms with Crippen LogP contribution in [0, 0.1) is 11.6 Å². The zero-order valence-electron chi connectivity index (χ0n) is 22.0. The maximum Gasteiger partial charge on any atom is 0.417 e. The van der Waals surface area contributed by atoms with Crippen LogP contribution >= 0.6 is 11.8 Å². The summed E-state index contributed by atoms with van der Waals surface area (Å²) in [5, 5.41) is 11.3.